The zero-order valence-electron chi connectivity index (χ0n) is 11.2. The van der Waals surface area contributed by atoms with Gasteiger partial charge in [0.2, 0.25) is 0 Å². The Kier molecular flexibility index (Phi) is 4.11. The number of pyridine rings is 1. The fraction of sp³-hybridized carbons (Fsp3) is 0.308. The van der Waals surface area contributed by atoms with Crippen LogP contribution in [0.3, 0.4) is 0 Å². The molecule has 0 bridgehead atoms. The monoisotopic (exact) mass is 276 g/mol. The second-order valence-electron chi connectivity index (χ2n) is 4.17. The number of nitrogens with one attached hydrogen (secondary N) is 1. The van der Waals surface area contributed by atoms with E-state index in [4.69, 9.17) is 0 Å². The minimum Gasteiger partial charge on any atom is -0.372 e. The zero-order chi connectivity index (χ0) is 13.8. The third-order valence-corrected chi connectivity index (χ3v) is 3.77. The van der Waals surface area contributed by atoms with Gasteiger partial charge in [0.1, 0.15) is 5.82 Å². The number of aryl methyl sites for hydroxylation is 1. The van der Waals surface area contributed by atoms with Gasteiger partial charge in [-0.25, -0.2) is 9.97 Å². The highest BCUT2D eigenvalue weighted by Gasteiger charge is 2.17. The van der Waals surface area contributed by atoms with E-state index in [-0.39, 0.29) is 5.91 Å². The van der Waals surface area contributed by atoms with Gasteiger partial charge in [-0.05, 0) is 19.1 Å². The van der Waals surface area contributed by atoms with Gasteiger partial charge in [-0.3, -0.25) is 4.79 Å². The van der Waals surface area contributed by atoms with Gasteiger partial charge in [0.25, 0.3) is 5.91 Å². The number of nitrogens with zero attached hydrogens (tertiary/aromatic N) is 3. The van der Waals surface area contributed by atoms with Gasteiger partial charge < -0.3 is 10.2 Å². The van der Waals surface area contributed by atoms with Crippen molar-refractivity contribution in [2.75, 3.05) is 19.4 Å². The molecule has 2 rings (SSSR count). The molecule has 0 aliphatic rings. The van der Waals surface area contributed by atoms with Crippen molar-refractivity contribution in [2.24, 2.45) is 0 Å². The minimum absolute atomic E-state index is 0.0507. The summed E-state index contributed by atoms with van der Waals surface area (Å²) in [5.41, 5.74) is 3.35. The van der Waals surface area contributed by atoms with Gasteiger partial charge in [-0.1, -0.05) is 0 Å². The Morgan fingerprint density at radius 3 is 2.89 bits per heavy atom. The molecule has 0 atom stereocenters. The van der Waals surface area contributed by atoms with Gasteiger partial charge in [0.05, 0.1) is 23.3 Å². The fourth-order valence-electron chi connectivity index (χ4n) is 1.75. The van der Waals surface area contributed by atoms with Crippen molar-refractivity contribution >= 4 is 23.1 Å². The van der Waals surface area contributed by atoms with Crippen molar-refractivity contribution in [3.63, 3.8) is 0 Å². The fourth-order valence-corrected chi connectivity index (χ4v) is 2.58. The first-order valence-electron chi connectivity index (χ1n) is 5.90. The number of thiazole rings is 1. The van der Waals surface area contributed by atoms with E-state index in [0.29, 0.717) is 17.9 Å². The van der Waals surface area contributed by atoms with Gasteiger partial charge in [-0.2, -0.15) is 0 Å². The summed E-state index contributed by atoms with van der Waals surface area (Å²) in [6, 6.07) is 3.54. The normalized spacial score (nSPS) is 10.3. The van der Waals surface area contributed by atoms with Crippen molar-refractivity contribution < 1.29 is 4.79 Å². The molecule has 0 aliphatic heterocycles. The van der Waals surface area contributed by atoms with E-state index in [2.05, 4.69) is 15.3 Å². The summed E-state index contributed by atoms with van der Waals surface area (Å²) in [4.78, 5) is 23.5. The topological polar surface area (TPSA) is 58.1 Å². The van der Waals surface area contributed by atoms with E-state index in [1.54, 1.807) is 54.2 Å². The van der Waals surface area contributed by atoms with Crippen molar-refractivity contribution in [3.8, 4) is 0 Å². The summed E-state index contributed by atoms with van der Waals surface area (Å²) in [5.74, 6) is 0.547. The smallest absolute Gasteiger partial charge is 0.257 e. The standard InChI is InChI=1S/C13H16N4OS/c1-9-11(19-8-16-9)7-17(3)13(18)10-5-4-6-15-12(10)14-2/h4-6,8H,7H2,1-3H3,(H,14,15). The van der Waals surface area contributed by atoms with Crippen molar-refractivity contribution in [3.05, 3.63) is 40.0 Å². The first-order valence-corrected chi connectivity index (χ1v) is 6.78. The Hall–Kier alpha value is -1.95. The quantitative estimate of drug-likeness (QED) is 0.929. The Bertz CT molecular complexity index is 582. The molecule has 2 aromatic heterocycles. The van der Waals surface area contributed by atoms with Crippen LogP contribution in [0.15, 0.2) is 23.8 Å². The minimum atomic E-state index is -0.0507. The molecular formula is C13H16N4OS. The predicted molar refractivity (Wildman–Crippen MR) is 76.4 cm³/mol. The number of hydrogen-bond acceptors (Lipinski definition) is 5. The van der Waals surface area contributed by atoms with Crippen LogP contribution in [0.1, 0.15) is 20.9 Å². The molecule has 1 N–H and O–H groups in total. The third kappa shape index (κ3) is 2.90. The Morgan fingerprint density at radius 1 is 1.47 bits per heavy atom. The molecule has 0 saturated heterocycles. The number of hydrogen-bond donors (Lipinski definition) is 1. The van der Waals surface area contributed by atoms with E-state index >= 15 is 0 Å². The molecule has 6 heteroatoms. The molecule has 0 radical (unpaired) electrons. The Morgan fingerprint density at radius 2 is 2.26 bits per heavy atom. The van der Waals surface area contributed by atoms with Crippen molar-refractivity contribution in [1.82, 2.24) is 14.9 Å². The summed E-state index contributed by atoms with van der Waals surface area (Å²) in [5, 5.41) is 2.93. The van der Waals surface area contributed by atoms with E-state index < -0.39 is 0 Å². The molecule has 0 saturated carbocycles. The molecule has 19 heavy (non-hydrogen) atoms. The summed E-state index contributed by atoms with van der Waals surface area (Å²) in [7, 11) is 3.54. The number of rotatable bonds is 4. The molecule has 0 unspecified atom stereocenters. The number of amides is 1. The molecule has 2 heterocycles. The van der Waals surface area contributed by atoms with E-state index in [1.807, 2.05) is 6.92 Å². The zero-order valence-corrected chi connectivity index (χ0v) is 12.0. The SMILES string of the molecule is CNc1ncccc1C(=O)N(C)Cc1scnc1C. The summed E-state index contributed by atoms with van der Waals surface area (Å²) >= 11 is 1.56. The average molecular weight is 276 g/mol. The van der Waals surface area contributed by atoms with Gasteiger partial charge >= 0.3 is 0 Å². The highest BCUT2D eigenvalue weighted by Crippen LogP contribution is 2.18. The first-order chi connectivity index (χ1) is 9.13. The lowest BCUT2D eigenvalue weighted by atomic mass is 10.2. The van der Waals surface area contributed by atoms with Crippen molar-refractivity contribution in [2.45, 2.75) is 13.5 Å². The molecule has 100 valence electrons. The molecule has 0 aromatic carbocycles. The van der Waals surface area contributed by atoms with Crippen LogP contribution in [0, 0.1) is 6.92 Å². The van der Waals surface area contributed by atoms with Gasteiger partial charge in [-0.15, -0.1) is 11.3 Å². The van der Waals surface area contributed by atoms with Crippen LogP contribution in [-0.4, -0.2) is 34.9 Å². The number of carbonyl (C=O) groups is 1. The molecule has 5 nitrogen and oxygen atoms in total. The Balaban J connectivity index is 2.17. The number of anilines is 1. The van der Waals surface area contributed by atoms with Crippen LogP contribution in [0.5, 0.6) is 0 Å². The van der Waals surface area contributed by atoms with Gasteiger partial charge in [0, 0.05) is 25.2 Å². The molecule has 1 amide bonds. The Labute approximate surface area is 116 Å². The average Bonchev–Trinajstić information content (AvgIpc) is 2.83. The molecular weight excluding hydrogens is 260 g/mol. The van der Waals surface area contributed by atoms with Crippen LogP contribution in [0.2, 0.25) is 0 Å². The largest absolute Gasteiger partial charge is 0.372 e. The lowest BCUT2D eigenvalue weighted by Crippen LogP contribution is -2.27. The van der Waals surface area contributed by atoms with Crippen LogP contribution >= 0.6 is 11.3 Å². The van der Waals surface area contributed by atoms with Crippen LogP contribution < -0.4 is 5.32 Å². The van der Waals surface area contributed by atoms with Crippen LogP contribution in [0.4, 0.5) is 5.82 Å². The second-order valence-corrected chi connectivity index (χ2v) is 5.11. The maximum Gasteiger partial charge on any atom is 0.257 e. The number of aromatic nitrogens is 2. The van der Waals surface area contributed by atoms with Gasteiger partial charge in [0.15, 0.2) is 0 Å². The molecule has 0 aliphatic carbocycles. The summed E-state index contributed by atoms with van der Waals surface area (Å²) < 4.78 is 0. The van der Waals surface area contributed by atoms with E-state index in [1.165, 1.54) is 0 Å². The molecule has 0 spiro atoms. The lowest BCUT2D eigenvalue weighted by Gasteiger charge is -2.18. The van der Waals surface area contributed by atoms with E-state index in [9.17, 15) is 4.79 Å². The highest BCUT2D eigenvalue weighted by molar-refractivity contribution is 7.09. The molecule has 2 aromatic rings. The highest BCUT2D eigenvalue weighted by atomic mass is 32.1. The maximum absolute atomic E-state index is 12.4. The summed E-state index contributed by atoms with van der Waals surface area (Å²) in [6.45, 7) is 2.51. The van der Waals surface area contributed by atoms with E-state index in [0.717, 1.165) is 10.6 Å². The summed E-state index contributed by atoms with van der Waals surface area (Å²) in [6.07, 6.45) is 1.66. The third-order valence-electron chi connectivity index (χ3n) is 2.85. The second kappa shape index (κ2) is 5.79. The van der Waals surface area contributed by atoms with Crippen molar-refractivity contribution in [1.29, 1.82) is 0 Å². The lowest BCUT2D eigenvalue weighted by molar-refractivity contribution is 0.0787. The number of carbonyl (C=O) groups excluding carboxylic acids is 1. The molecule has 0 fully saturated rings. The van der Waals surface area contributed by atoms with Crippen LogP contribution in [-0.2, 0) is 6.54 Å². The predicted octanol–water partition coefficient (Wildman–Crippen LogP) is 2.16. The maximum atomic E-state index is 12.4. The first kappa shape index (κ1) is 13.5. The van der Waals surface area contributed by atoms with Crippen LogP contribution in [0.25, 0.3) is 0 Å².